The van der Waals surface area contributed by atoms with Gasteiger partial charge in [-0.3, -0.25) is 0 Å². The Kier molecular flexibility index (Phi) is 4.28. The molecule has 1 aromatic carbocycles. The van der Waals surface area contributed by atoms with Crippen molar-refractivity contribution >= 4 is 29.1 Å². The standard InChI is InChI=1S/C13H12O3S2/c1-17-11-4-2-9(3-5-11)7-16-10-6-12(13(14)15)18-8-10/h2-6,8H,7H2,1H3,(H,14,15). The van der Waals surface area contributed by atoms with E-state index in [-0.39, 0.29) is 0 Å². The minimum Gasteiger partial charge on any atom is -0.488 e. The average molecular weight is 280 g/mol. The molecule has 0 atom stereocenters. The fourth-order valence-electron chi connectivity index (χ4n) is 1.40. The molecule has 0 aliphatic carbocycles. The number of carbonyl (C=O) groups is 1. The molecule has 0 aliphatic heterocycles. The molecule has 0 saturated heterocycles. The molecule has 18 heavy (non-hydrogen) atoms. The Labute approximate surface area is 113 Å². The highest BCUT2D eigenvalue weighted by atomic mass is 32.2. The van der Waals surface area contributed by atoms with Gasteiger partial charge in [-0.1, -0.05) is 12.1 Å². The molecule has 94 valence electrons. The predicted octanol–water partition coefficient (Wildman–Crippen LogP) is 3.75. The number of thioether (sulfide) groups is 1. The van der Waals surface area contributed by atoms with Crippen molar-refractivity contribution in [3.8, 4) is 5.75 Å². The van der Waals surface area contributed by atoms with Gasteiger partial charge in [0.15, 0.2) is 0 Å². The Morgan fingerprint density at radius 2 is 2.11 bits per heavy atom. The monoisotopic (exact) mass is 280 g/mol. The van der Waals surface area contributed by atoms with Crippen molar-refractivity contribution < 1.29 is 14.6 Å². The van der Waals surface area contributed by atoms with Crippen LogP contribution in [0, 0.1) is 0 Å². The van der Waals surface area contributed by atoms with Crippen LogP contribution in [0.25, 0.3) is 0 Å². The molecule has 0 radical (unpaired) electrons. The lowest BCUT2D eigenvalue weighted by atomic mass is 10.2. The number of benzene rings is 1. The Hall–Kier alpha value is -1.46. The first kappa shape index (κ1) is 13.0. The molecule has 5 heteroatoms. The number of hydrogen-bond donors (Lipinski definition) is 1. The van der Waals surface area contributed by atoms with Crippen LogP contribution in [0.4, 0.5) is 0 Å². The molecule has 3 nitrogen and oxygen atoms in total. The number of ether oxygens (including phenoxy) is 1. The van der Waals surface area contributed by atoms with E-state index >= 15 is 0 Å². The maximum absolute atomic E-state index is 10.7. The number of carboxylic acid groups (broad SMARTS) is 1. The summed E-state index contributed by atoms with van der Waals surface area (Å²) in [5, 5.41) is 10.5. The molecule has 0 bridgehead atoms. The van der Waals surface area contributed by atoms with Crippen LogP contribution in [0.1, 0.15) is 15.2 Å². The average Bonchev–Trinajstić information content (AvgIpc) is 2.86. The summed E-state index contributed by atoms with van der Waals surface area (Å²) in [5.74, 6) is -0.314. The van der Waals surface area contributed by atoms with Crippen molar-refractivity contribution in [2.75, 3.05) is 6.26 Å². The molecule has 1 aromatic heterocycles. The number of hydrogen-bond acceptors (Lipinski definition) is 4. The molecule has 1 heterocycles. The number of carboxylic acids is 1. The van der Waals surface area contributed by atoms with Gasteiger partial charge < -0.3 is 9.84 Å². The topological polar surface area (TPSA) is 46.5 Å². The van der Waals surface area contributed by atoms with Gasteiger partial charge in [-0.05, 0) is 24.0 Å². The maximum atomic E-state index is 10.7. The predicted molar refractivity (Wildman–Crippen MR) is 73.8 cm³/mol. The zero-order valence-corrected chi connectivity index (χ0v) is 11.4. The maximum Gasteiger partial charge on any atom is 0.346 e. The molecule has 0 fully saturated rings. The highest BCUT2D eigenvalue weighted by Gasteiger charge is 2.07. The van der Waals surface area contributed by atoms with Gasteiger partial charge in [0.05, 0.1) is 0 Å². The third-order valence-electron chi connectivity index (χ3n) is 2.35. The smallest absolute Gasteiger partial charge is 0.346 e. The van der Waals surface area contributed by atoms with E-state index in [1.165, 1.54) is 16.2 Å². The third-order valence-corrected chi connectivity index (χ3v) is 3.99. The number of rotatable bonds is 5. The van der Waals surface area contributed by atoms with Crippen LogP contribution in [0.5, 0.6) is 5.75 Å². The molecule has 1 N–H and O–H groups in total. The van der Waals surface area contributed by atoms with Crippen molar-refractivity contribution in [2.45, 2.75) is 11.5 Å². The molecule has 0 aliphatic rings. The van der Waals surface area contributed by atoms with Gasteiger partial charge in [0.25, 0.3) is 0 Å². The summed E-state index contributed by atoms with van der Waals surface area (Å²) in [6.45, 7) is 0.449. The first-order valence-corrected chi connectivity index (χ1v) is 7.37. The lowest BCUT2D eigenvalue weighted by Crippen LogP contribution is -1.94. The summed E-state index contributed by atoms with van der Waals surface area (Å²) in [4.78, 5) is 12.2. The number of aromatic carboxylic acids is 1. The Bertz CT molecular complexity index is 531. The minimum absolute atomic E-state index is 0.294. The lowest BCUT2D eigenvalue weighted by Gasteiger charge is -2.04. The first-order chi connectivity index (χ1) is 8.69. The second kappa shape index (κ2) is 5.93. The zero-order chi connectivity index (χ0) is 13.0. The second-order valence-electron chi connectivity index (χ2n) is 3.59. The van der Waals surface area contributed by atoms with Gasteiger partial charge in [0.1, 0.15) is 17.2 Å². The lowest BCUT2D eigenvalue weighted by molar-refractivity contribution is 0.0702. The van der Waals surface area contributed by atoms with Gasteiger partial charge in [-0.2, -0.15) is 0 Å². The van der Waals surface area contributed by atoms with Crippen LogP contribution in [0.15, 0.2) is 40.6 Å². The van der Waals surface area contributed by atoms with Crippen LogP contribution in [-0.4, -0.2) is 17.3 Å². The van der Waals surface area contributed by atoms with Crippen molar-refractivity contribution in [1.29, 1.82) is 0 Å². The van der Waals surface area contributed by atoms with Gasteiger partial charge in [0, 0.05) is 16.3 Å². The quantitative estimate of drug-likeness (QED) is 0.847. The van der Waals surface area contributed by atoms with Crippen LogP contribution in [-0.2, 0) is 6.61 Å². The van der Waals surface area contributed by atoms with E-state index in [4.69, 9.17) is 9.84 Å². The van der Waals surface area contributed by atoms with Gasteiger partial charge in [0.2, 0.25) is 0 Å². The molecular formula is C13H12O3S2. The SMILES string of the molecule is CSc1ccc(COc2csc(C(=O)O)c2)cc1. The normalized spacial score (nSPS) is 10.3. The van der Waals surface area contributed by atoms with Gasteiger partial charge in [-0.15, -0.1) is 23.1 Å². The van der Waals surface area contributed by atoms with E-state index in [0.29, 0.717) is 17.2 Å². The molecule has 0 spiro atoms. The van der Waals surface area contributed by atoms with Crippen molar-refractivity contribution in [2.24, 2.45) is 0 Å². The minimum atomic E-state index is -0.917. The third kappa shape index (κ3) is 3.27. The first-order valence-electron chi connectivity index (χ1n) is 5.26. The van der Waals surface area contributed by atoms with Crippen LogP contribution in [0.3, 0.4) is 0 Å². The fourth-order valence-corrected chi connectivity index (χ4v) is 2.47. The van der Waals surface area contributed by atoms with E-state index in [1.54, 1.807) is 23.2 Å². The Morgan fingerprint density at radius 1 is 1.39 bits per heavy atom. The fraction of sp³-hybridized carbons (Fsp3) is 0.154. The summed E-state index contributed by atoms with van der Waals surface area (Å²) in [6.07, 6.45) is 2.03. The van der Waals surface area contributed by atoms with Crippen LogP contribution in [0.2, 0.25) is 0 Å². The largest absolute Gasteiger partial charge is 0.488 e. The molecule has 0 amide bonds. The summed E-state index contributed by atoms with van der Waals surface area (Å²) in [5.41, 5.74) is 1.07. The number of thiophene rings is 1. The van der Waals surface area contributed by atoms with Gasteiger partial charge in [-0.25, -0.2) is 4.79 Å². The zero-order valence-electron chi connectivity index (χ0n) is 9.75. The highest BCUT2D eigenvalue weighted by Crippen LogP contribution is 2.23. The van der Waals surface area contributed by atoms with Crippen molar-refractivity contribution in [1.82, 2.24) is 0 Å². The molecule has 2 rings (SSSR count). The van der Waals surface area contributed by atoms with Gasteiger partial charge >= 0.3 is 5.97 Å². The van der Waals surface area contributed by atoms with Crippen LogP contribution < -0.4 is 4.74 Å². The summed E-state index contributed by atoms with van der Waals surface area (Å²) < 4.78 is 5.54. The molecular weight excluding hydrogens is 268 g/mol. The summed E-state index contributed by atoms with van der Waals surface area (Å²) in [6, 6.07) is 9.65. The summed E-state index contributed by atoms with van der Waals surface area (Å²) in [7, 11) is 0. The Morgan fingerprint density at radius 3 is 2.67 bits per heavy atom. The van der Waals surface area contributed by atoms with E-state index in [9.17, 15) is 4.79 Å². The van der Waals surface area contributed by atoms with E-state index in [1.807, 2.05) is 30.5 Å². The van der Waals surface area contributed by atoms with E-state index in [2.05, 4.69) is 0 Å². The highest BCUT2D eigenvalue weighted by molar-refractivity contribution is 7.98. The van der Waals surface area contributed by atoms with E-state index < -0.39 is 5.97 Å². The molecule has 2 aromatic rings. The van der Waals surface area contributed by atoms with Crippen molar-refractivity contribution in [3.63, 3.8) is 0 Å². The molecule has 0 saturated carbocycles. The van der Waals surface area contributed by atoms with Crippen molar-refractivity contribution in [3.05, 3.63) is 46.2 Å². The molecule has 0 unspecified atom stereocenters. The van der Waals surface area contributed by atoms with E-state index in [0.717, 1.165) is 5.56 Å². The Balaban J connectivity index is 1.95. The van der Waals surface area contributed by atoms with Crippen LogP contribution >= 0.6 is 23.1 Å². The summed E-state index contributed by atoms with van der Waals surface area (Å²) >= 11 is 2.87. The second-order valence-corrected chi connectivity index (χ2v) is 5.38.